The molecule has 1 aliphatic heterocycles. The van der Waals surface area contributed by atoms with Crippen LogP contribution in [0.1, 0.15) is 28.3 Å². The molecule has 2 fully saturated rings. The molecular formula is C21H24N2O2. The van der Waals surface area contributed by atoms with Gasteiger partial charge in [-0.1, -0.05) is 36.4 Å². The third-order valence-corrected chi connectivity index (χ3v) is 5.25. The van der Waals surface area contributed by atoms with E-state index in [1.54, 1.807) is 7.11 Å². The molecule has 1 N–H and O–H groups in total. The van der Waals surface area contributed by atoms with E-state index in [0.29, 0.717) is 23.4 Å². The smallest absolute Gasteiger partial charge is 0.254 e. The van der Waals surface area contributed by atoms with Crippen LogP contribution < -0.4 is 10.1 Å². The van der Waals surface area contributed by atoms with Gasteiger partial charge < -0.3 is 15.0 Å². The SMILES string of the molecule is COc1cccc(C(=O)N2CC(CN[C@@H]3C[C@H]3c3ccccc3)C2)c1. The van der Waals surface area contributed by atoms with Gasteiger partial charge in [-0.3, -0.25) is 4.79 Å². The van der Waals surface area contributed by atoms with Crippen LogP contribution in [0.4, 0.5) is 0 Å². The predicted molar refractivity (Wildman–Crippen MR) is 98.0 cm³/mol. The Hall–Kier alpha value is -2.33. The lowest BCUT2D eigenvalue weighted by Gasteiger charge is -2.39. The maximum absolute atomic E-state index is 12.5. The number of nitrogens with one attached hydrogen (secondary N) is 1. The van der Waals surface area contributed by atoms with Gasteiger partial charge >= 0.3 is 0 Å². The number of nitrogens with zero attached hydrogens (tertiary/aromatic N) is 1. The molecular weight excluding hydrogens is 312 g/mol. The van der Waals surface area contributed by atoms with Gasteiger partial charge in [0.15, 0.2) is 0 Å². The molecule has 1 saturated heterocycles. The fraction of sp³-hybridized carbons (Fsp3) is 0.381. The third-order valence-electron chi connectivity index (χ3n) is 5.25. The van der Waals surface area contributed by atoms with Crippen molar-refractivity contribution >= 4 is 5.91 Å². The summed E-state index contributed by atoms with van der Waals surface area (Å²) < 4.78 is 5.20. The molecule has 0 radical (unpaired) electrons. The van der Waals surface area contributed by atoms with Crippen LogP contribution in [0.15, 0.2) is 54.6 Å². The van der Waals surface area contributed by atoms with E-state index in [2.05, 4.69) is 35.6 Å². The number of amides is 1. The minimum Gasteiger partial charge on any atom is -0.497 e. The Morgan fingerprint density at radius 1 is 1.16 bits per heavy atom. The number of ether oxygens (including phenoxy) is 1. The fourth-order valence-corrected chi connectivity index (χ4v) is 3.61. The molecule has 2 aromatic carbocycles. The lowest BCUT2D eigenvalue weighted by Crippen LogP contribution is -2.53. The van der Waals surface area contributed by atoms with Crippen LogP contribution in [0.5, 0.6) is 5.75 Å². The maximum atomic E-state index is 12.5. The molecule has 0 bridgehead atoms. The van der Waals surface area contributed by atoms with Gasteiger partial charge in [0.2, 0.25) is 0 Å². The second-order valence-corrected chi connectivity index (χ2v) is 7.08. The molecule has 2 atom stereocenters. The summed E-state index contributed by atoms with van der Waals surface area (Å²) >= 11 is 0. The van der Waals surface area contributed by atoms with Crippen LogP contribution >= 0.6 is 0 Å². The highest BCUT2D eigenvalue weighted by Gasteiger charge is 2.39. The number of hydrogen-bond donors (Lipinski definition) is 1. The van der Waals surface area contributed by atoms with Crippen LogP contribution in [-0.2, 0) is 0 Å². The van der Waals surface area contributed by atoms with Crippen molar-refractivity contribution in [2.75, 3.05) is 26.7 Å². The van der Waals surface area contributed by atoms with Crippen molar-refractivity contribution in [1.82, 2.24) is 10.2 Å². The minimum absolute atomic E-state index is 0.101. The molecule has 4 heteroatoms. The van der Waals surface area contributed by atoms with Crippen LogP contribution in [-0.4, -0.2) is 43.6 Å². The molecule has 4 nitrogen and oxygen atoms in total. The monoisotopic (exact) mass is 336 g/mol. The molecule has 0 aromatic heterocycles. The first kappa shape index (κ1) is 16.2. The van der Waals surface area contributed by atoms with Gasteiger partial charge in [-0.25, -0.2) is 0 Å². The first-order chi connectivity index (χ1) is 12.2. The van der Waals surface area contributed by atoms with E-state index in [0.717, 1.165) is 25.4 Å². The van der Waals surface area contributed by atoms with Gasteiger partial charge in [-0.2, -0.15) is 0 Å². The van der Waals surface area contributed by atoms with E-state index in [1.807, 2.05) is 29.2 Å². The molecule has 1 aliphatic carbocycles. The summed E-state index contributed by atoms with van der Waals surface area (Å²) in [5.41, 5.74) is 2.14. The second kappa shape index (κ2) is 6.89. The molecule has 25 heavy (non-hydrogen) atoms. The number of carbonyl (C=O) groups excluding carboxylic acids is 1. The number of carbonyl (C=O) groups is 1. The van der Waals surface area contributed by atoms with E-state index in [-0.39, 0.29) is 5.91 Å². The van der Waals surface area contributed by atoms with E-state index < -0.39 is 0 Å². The normalized spacial score (nSPS) is 22.4. The summed E-state index contributed by atoms with van der Waals surface area (Å²) in [6.07, 6.45) is 1.23. The zero-order valence-electron chi connectivity index (χ0n) is 14.5. The Labute approximate surface area is 148 Å². The zero-order chi connectivity index (χ0) is 17.2. The van der Waals surface area contributed by atoms with Crippen molar-refractivity contribution in [2.45, 2.75) is 18.4 Å². The third kappa shape index (κ3) is 3.54. The van der Waals surface area contributed by atoms with Crippen molar-refractivity contribution in [3.8, 4) is 5.75 Å². The largest absolute Gasteiger partial charge is 0.497 e. The van der Waals surface area contributed by atoms with Crippen molar-refractivity contribution in [2.24, 2.45) is 5.92 Å². The summed E-state index contributed by atoms with van der Waals surface area (Å²) in [7, 11) is 1.62. The zero-order valence-corrected chi connectivity index (χ0v) is 14.5. The van der Waals surface area contributed by atoms with Crippen LogP contribution in [0.25, 0.3) is 0 Å². The van der Waals surface area contributed by atoms with Gasteiger partial charge in [0.05, 0.1) is 7.11 Å². The van der Waals surface area contributed by atoms with Crippen LogP contribution in [0.3, 0.4) is 0 Å². The number of methoxy groups -OCH3 is 1. The highest BCUT2D eigenvalue weighted by atomic mass is 16.5. The first-order valence-corrected chi connectivity index (χ1v) is 8.96. The number of benzene rings is 2. The second-order valence-electron chi connectivity index (χ2n) is 7.08. The van der Waals surface area contributed by atoms with Crippen molar-refractivity contribution in [3.05, 3.63) is 65.7 Å². The standard InChI is InChI=1S/C21H24N2O2/c1-25-18-9-5-8-17(10-18)21(24)23-13-15(14-23)12-22-20-11-19(20)16-6-3-2-4-7-16/h2-10,15,19-20,22H,11-14H2,1H3/t19-,20+/m0/s1. The number of hydrogen-bond acceptors (Lipinski definition) is 3. The van der Waals surface area contributed by atoms with Crippen LogP contribution in [0.2, 0.25) is 0 Å². The van der Waals surface area contributed by atoms with Gasteiger partial charge in [0, 0.05) is 43.1 Å². The first-order valence-electron chi connectivity index (χ1n) is 8.96. The molecule has 2 aromatic rings. The van der Waals surface area contributed by atoms with Crippen molar-refractivity contribution in [1.29, 1.82) is 0 Å². The average molecular weight is 336 g/mol. The quantitative estimate of drug-likeness (QED) is 0.882. The van der Waals surface area contributed by atoms with Gasteiger partial charge in [0.25, 0.3) is 5.91 Å². The Bertz CT molecular complexity index is 741. The molecule has 1 saturated carbocycles. The lowest BCUT2D eigenvalue weighted by molar-refractivity contribution is 0.0500. The Balaban J connectivity index is 1.21. The van der Waals surface area contributed by atoms with Gasteiger partial charge in [0.1, 0.15) is 5.75 Å². The summed E-state index contributed by atoms with van der Waals surface area (Å²) in [4.78, 5) is 14.4. The van der Waals surface area contributed by atoms with Crippen LogP contribution in [0, 0.1) is 5.92 Å². The highest BCUT2D eigenvalue weighted by molar-refractivity contribution is 5.95. The van der Waals surface area contributed by atoms with Gasteiger partial charge in [-0.15, -0.1) is 0 Å². The minimum atomic E-state index is 0.101. The molecule has 0 unspecified atom stereocenters. The molecule has 1 heterocycles. The van der Waals surface area contributed by atoms with E-state index in [9.17, 15) is 4.79 Å². The van der Waals surface area contributed by atoms with E-state index in [1.165, 1.54) is 12.0 Å². The Kier molecular flexibility index (Phi) is 4.45. The van der Waals surface area contributed by atoms with Gasteiger partial charge in [-0.05, 0) is 30.2 Å². The Morgan fingerprint density at radius 3 is 2.72 bits per heavy atom. The lowest BCUT2D eigenvalue weighted by atomic mass is 9.98. The molecule has 2 aliphatic rings. The maximum Gasteiger partial charge on any atom is 0.254 e. The predicted octanol–water partition coefficient (Wildman–Crippen LogP) is 2.91. The summed E-state index contributed by atoms with van der Waals surface area (Å²) in [6.45, 7) is 2.67. The highest BCUT2D eigenvalue weighted by Crippen LogP contribution is 2.40. The molecule has 0 spiro atoms. The van der Waals surface area contributed by atoms with E-state index >= 15 is 0 Å². The van der Waals surface area contributed by atoms with Crippen molar-refractivity contribution in [3.63, 3.8) is 0 Å². The molecule has 1 amide bonds. The van der Waals surface area contributed by atoms with E-state index in [4.69, 9.17) is 4.74 Å². The topological polar surface area (TPSA) is 41.6 Å². The summed E-state index contributed by atoms with van der Waals surface area (Å²) in [6, 6.07) is 18.7. The fourth-order valence-electron chi connectivity index (χ4n) is 3.61. The number of likely N-dealkylation sites (tertiary alicyclic amines) is 1. The molecule has 130 valence electrons. The number of rotatable bonds is 6. The summed E-state index contributed by atoms with van der Waals surface area (Å²) in [5, 5.41) is 3.67. The molecule has 4 rings (SSSR count). The summed E-state index contributed by atoms with van der Waals surface area (Å²) in [5.74, 6) is 2.05. The van der Waals surface area contributed by atoms with Crippen molar-refractivity contribution < 1.29 is 9.53 Å². The Morgan fingerprint density at radius 2 is 1.96 bits per heavy atom. The average Bonchev–Trinajstić information content (AvgIpc) is 3.40.